The zero-order valence-corrected chi connectivity index (χ0v) is 17.1. The van der Waals surface area contributed by atoms with Crippen molar-refractivity contribution in [2.75, 3.05) is 13.1 Å². The molecule has 1 fully saturated rings. The Morgan fingerprint density at radius 2 is 1.93 bits per heavy atom. The predicted octanol–water partition coefficient (Wildman–Crippen LogP) is 3.90. The van der Waals surface area contributed by atoms with Crippen LogP contribution in [0.3, 0.4) is 0 Å². The Morgan fingerprint density at radius 3 is 2.66 bits per heavy atom. The highest BCUT2D eigenvalue weighted by Gasteiger charge is 2.35. The summed E-state index contributed by atoms with van der Waals surface area (Å²) in [5.41, 5.74) is 7.70. The number of carbonyl (C=O) groups excluding carboxylic acids is 1. The molecular formula is C24H25N3O2. The van der Waals surface area contributed by atoms with Crippen molar-refractivity contribution < 1.29 is 9.53 Å². The average Bonchev–Trinajstić information content (AvgIpc) is 3.33. The molecule has 5 nitrogen and oxygen atoms in total. The average molecular weight is 387 g/mol. The summed E-state index contributed by atoms with van der Waals surface area (Å²) in [5.74, 6) is 0.895. The minimum atomic E-state index is 0.108. The van der Waals surface area contributed by atoms with E-state index in [9.17, 15) is 4.79 Å². The Kier molecular flexibility index (Phi) is 4.19. The van der Waals surface area contributed by atoms with Crippen molar-refractivity contribution >= 4 is 5.91 Å². The quantitative estimate of drug-likeness (QED) is 0.685. The van der Waals surface area contributed by atoms with Gasteiger partial charge in [0.1, 0.15) is 11.9 Å². The van der Waals surface area contributed by atoms with Crippen LogP contribution in [-0.4, -0.2) is 39.8 Å². The van der Waals surface area contributed by atoms with Gasteiger partial charge in [-0.15, -0.1) is 0 Å². The third-order valence-corrected chi connectivity index (χ3v) is 6.28. The third kappa shape index (κ3) is 3.11. The first-order chi connectivity index (χ1) is 14.0. The summed E-state index contributed by atoms with van der Waals surface area (Å²) in [6, 6.07) is 10.6. The molecule has 0 saturated carbocycles. The molecule has 5 heteroatoms. The van der Waals surface area contributed by atoms with E-state index in [-0.39, 0.29) is 12.0 Å². The van der Waals surface area contributed by atoms with E-state index >= 15 is 0 Å². The van der Waals surface area contributed by atoms with Crippen LogP contribution in [0, 0.1) is 13.8 Å². The summed E-state index contributed by atoms with van der Waals surface area (Å²) in [7, 11) is 1.93. The van der Waals surface area contributed by atoms with Crippen molar-refractivity contribution in [1.29, 1.82) is 0 Å². The van der Waals surface area contributed by atoms with Gasteiger partial charge in [-0.25, -0.2) is 0 Å². The lowest BCUT2D eigenvalue weighted by Gasteiger charge is -2.21. The predicted molar refractivity (Wildman–Crippen MR) is 112 cm³/mol. The maximum atomic E-state index is 13.0. The highest BCUT2D eigenvalue weighted by molar-refractivity contribution is 5.98. The number of carbonyl (C=O) groups is 1. The van der Waals surface area contributed by atoms with E-state index in [0.29, 0.717) is 6.54 Å². The largest absolute Gasteiger partial charge is 0.487 e. The van der Waals surface area contributed by atoms with Gasteiger partial charge in [-0.1, -0.05) is 24.3 Å². The monoisotopic (exact) mass is 387 g/mol. The number of hydrogen-bond donors (Lipinski definition) is 0. The lowest BCUT2D eigenvalue weighted by atomic mass is 9.92. The summed E-state index contributed by atoms with van der Waals surface area (Å²) >= 11 is 0. The van der Waals surface area contributed by atoms with E-state index in [1.165, 1.54) is 16.7 Å². The molecule has 1 aromatic heterocycles. The zero-order valence-electron chi connectivity index (χ0n) is 17.1. The molecular weight excluding hydrogens is 362 g/mol. The summed E-state index contributed by atoms with van der Waals surface area (Å²) < 4.78 is 8.04. The van der Waals surface area contributed by atoms with Gasteiger partial charge in [-0.2, -0.15) is 5.10 Å². The minimum absolute atomic E-state index is 0.108. The second kappa shape index (κ2) is 6.76. The molecule has 3 heterocycles. The lowest BCUT2D eigenvalue weighted by Crippen LogP contribution is -2.28. The van der Waals surface area contributed by atoms with E-state index in [1.54, 1.807) is 0 Å². The van der Waals surface area contributed by atoms with E-state index in [4.69, 9.17) is 4.74 Å². The van der Waals surface area contributed by atoms with Gasteiger partial charge >= 0.3 is 0 Å². The van der Waals surface area contributed by atoms with Gasteiger partial charge in [-0.05, 0) is 54.2 Å². The standard InChI is InChI=1S/C24H25N3O2/c1-15-16(2)23-22(24(28)27-9-8-21(14-27)29-23)11-19(15)10-17-4-6-18(7-5-17)20-12-25-26(3)13-20/h4-7,11-13,21H,8-10,14H2,1-3H3/t21-/m0/s1. The lowest BCUT2D eigenvalue weighted by molar-refractivity contribution is 0.0792. The zero-order chi connectivity index (χ0) is 20.1. The molecule has 0 unspecified atom stereocenters. The number of aromatic nitrogens is 2. The van der Waals surface area contributed by atoms with Crippen molar-refractivity contribution in [3.8, 4) is 16.9 Å². The first-order valence-electron chi connectivity index (χ1n) is 10.2. The smallest absolute Gasteiger partial charge is 0.257 e. The first kappa shape index (κ1) is 18.0. The van der Waals surface area contributed by atoms with Crippen molar-refractivity contribution in [3.63, 3.8) is 0 Å². The molecule has 148 valence electrons. The van der Waals surface area contributed by atoms with E-state index in [0.717, 1.165) is 47.4 Å². The van der Waals surface area contributed by atoms with Crippen LogP contribution in [0.25, 0.3) is 11.1 Å². The number of hydrogen-bond acceptors (Lipinski definition) is 3. The number of benzene rings is 2. The topological polar surface area (TPSA) is 47.4 Å². The molecule has 2 aliphatic heterocycles. The maximum Gasteiger partial charge on any atom is 0.257 e. The summed E-state index contributed by atoms with van der Waals surface area (Å²) in [5, 5.41) is 4.25. The summed E-state index contributed by atoms with van der Waals surface area (Å²) in [6.07, 6.45) is 5.75. The fraction of sp³-hybridized carbons (Fsp3) is 0.333. The molecule has 1 amide bonds. The molecule has 29 heavy (non-hydrogen) atoms. The molecule has 2 aromatic carbocycles. The van der Waals surface area contributed by atoms with Crippen molar-refractivity contribution in [2.24, 2.45) is 7.05 Å². The molecule has 0 aliphatic carbocycles. The molecule has 1 saturated heterocycles. The van der Waals surface area contributed by atoms with Crippen molar-refractivity contribution in [2.45, 2.75) is 32.8 Å². The number of ether oxygens (including phenoxy) is 1. The summed E-state index contributed by atoms with van der Waals surface area (Å²) in [4.78, 5) is 14.9. The van der Waals surface area contributed by atoms with Crippen molar-refractivity contribution in [3.05, 3.63) is 70.5 Å². The second-order valence-corrected chi connectivity index (χ2v) is 8.22. The van der Waals surface area contributed by atoms with Crippen LogP contribution in [0.2, 0.25) is 0 Å². The van der Waals surface area contributed by atoms with Gasteiger partial charge < -0.3 is 9.64 Å². The van der Waals surface area contributed by atoms with E-state index in [1.807, 2.05) is 29.0 Å². The first-order valence-corrected chi connectivity index (χ1v) is 10.2. The molecule has 5 rings (SSSR count). The van der Waals surface area contributed by atoms with Crippen LogP contribution in [0.4, 0.5) is 0 Å². The van der Waals surface area contributed by atoms with Gasteiger partial charge in [-0.3, -0.25) is 9.48 Å². The van der Waals surface area contributed by atoms with Gasteiger partial charge in [0.25, 0.3) is 5.91 Å². The number of fused-ring (bicyclic) bond motifs is 3. The SMILES string of the molecule is Cc1c(Cc2ccc(-c3cnn(C)c3)cc2)cc2c(c1C)O[C@H]1CCN(C1)C2=O. The normalized spacial score (nSPS) is 17.8. The molecule has 0 spiro atoms. The molecule has 0 N–H and O–H groups in total. The summed E-state index contributed by atoms with van der Waals surface area (Å²) in [6.45, 7) is 5.70. The van der Waals surface area contributed by atoms with E-state index in [2.05, 4.69) is 49.3 Å². The second-order valence-electron chi connectivity index (χ2n) is 8.22. The molecule has 0 radical (unpaired) electrons. The van der Waals surface area contributed by atoms with E-state index < -0.39 is 0 Å². The number of rotatable bonds is 3. The van der Waals surface area contributed by atoms with Gasteiger partial charge in [0.2, 0.25) is 0 Å². The molecule has 2 bridgehead atoms. The van der Waals surface area contributed by atoms with Crippen LogP contribution in [0.15, 0.2) is 42.7 Å². The van der Waals surface area contributed by atoms with Crippen LogP contribution in [0.1, 0.15) is 39.0 Å². The Balaban J connectivity index is 1.47. The Morgan fingerprint density at radius 1 is 1.14 bits per heavy atom. The molecule has 2 aliphatic rings. The van der Waals surface area contributed by atoms with Gasteiger partial charge in [0.15, 0.2) is 0 Å². The van der Waals surface area contributed by atoms with Crippen LogP contribution in [0.5, 0.6) is 5.75 Å². The van der Waals surface area contributed by atoms with Crippen LogP contribution < -0.4 is 4.74 Å². The highest BCUT2D eigenvalue weighted by atomic mass is 16.5. The molecule has 1 atom stereocenters. The van der Waals surface area contributed by atoms with Gasteiger partial charge in [0, 0.05) is 31.8 Å². The van der Waals surface area contributed by atoms with Crippen LogP contribution in [-0.2, 0) is 13.5 Å². The number of nitrogens with zero attached hydrogens (tertiary/aromatic N) is 3. The Labute approximate surface area is 170 Å². The van der Waals surface area contributed by atoms with Gasteiger partial charge in [0.05, 0.1) is 18.3 Å². The van der Waals surface area contributed by atoms with Crippen LogP contribution >= 0.6 is 0 Å². The fourth-order valence-corrected chi connectivity index (χ4v) is 4.41. The Bertz CT molecular complexity index is 1100. The van der Waals surface area contributed by atoms with Crippen molar-refractivity contribution in [1.82, 2.24) is 14.7 Å². The Hall–Kier alpha value is -3.08. The highest BCUT2D eigenvalue weighted by Crippen LogP contribution is 2.36. The molecule has 3 aromatic rings. The number of amides is 1. The third-order valence-electron chi connectivity index (χ3n) is 6.28. The minimum Gasteiger partial charge on any atom is -0.487 e. The number of aryl methyl sites for hydroxylation is 1. The fourth-order valence-electron chi connectivity index (χ4n) is 4.41. The maximum absolute atomic E-state index is 13.0.